The summed E-state index contributed by atoms with van der Waals surface area (Å²) in [6.45, 7) is 13.1. The largest absolute Gasteiger partial charge is 0.466 e. The second-order valence-corrected chi connectivity index (χ2v) is 6.04. The van der Waals surface area contributed by atoms with Gasteiger partial charge in [0.25, 0.3) is 0 Å². The molecule has 21 heavy (non-hydrogen) atoms. The summed E-state index contributed by atoms with van der Waals surface area (Å²) in [5.41, 5.74) is 0. The predicted molar refractivity (Wildman–Crippen MR) is 83.1 cm³/mol. The van der Waals surface area contributed by atoms with Crippen LogP contribution < -0.4 is 0 Å². The number of nitrogens with zero attached hydrogens (tertiary/aromatic N) is 1. The topological polar surface area (TPSA) is 55.8 Å². The second kappa shape index (κ2) is 10.5. The molecule has 0 aliphatic rings. The molecule has 5 heteroatoms. The Hall–Kier alpha value is -1.26. The number of hydrogen-bond donors (Lipinski definition) is 0. The summed E-state index contributed by atoms with van der Waals surface area (Å²) in [4.78, 5) is 25.7. The van der Waals surface area contributed by atoms with Gasteiger partial charge in [-0.25, -0.2) is 4.79 Å². The van der Waals surface area contributed by atoms with Crippen LogP contribution in [-0.4, -0.2) is 42.8 Å². The number of carbonyl (C=O) groups excluding carboxylic acids is 2. The number of hydrogen-bond acceptors (Lipinski definition) is 4. The lowest BCUT2D eigenvalue weighted by Gasteiger charge is -2.32. The van der Waals surface area contributed by atoms with Gasteiger partial charge in [-0.15, -0.1) is 0 Å². The molecule has 0 fully saturated rings. The van der Waals surface area contributed by atoms with Crippen LogP contribution in [0.2, 0.25) is 0 Å². The van der Waals surface area contributed by atoms with Gasteiger partial charge in [0.1, 0.15) is 0 Å². The number of rotatable bonds is 9. The van der Waals surface area contributed by atoms with Gasteiger partial charge < -0.3 is 14.4 Å². The Morgan fingerprint density at radius 2 is 1.52 bits per heavy atom. The van der Waals surface area contributed by atoms with Crippen molar-refractivity contribution in [3.05, 3.63) is 0 Å². The fourth-order valence-electron chi connectivity index (χ4n) is 2.25. The lowest BCUT2D eigenvalue weighted by molar-refractivity contribution is -0.144. The molecule has 1 unspecified atom stereocenters. The minimum absolute atomic E-state index is 0.175. The molecular weight excluding hydrogens is 270 g/mol. The molecule has 0 rings (SSSR count). The minimum atomic E-state index is -0.346. The Morgan fingerprint density at radius 1 is 0.952 bits per heavy atom. The summed E-state index contributed by atoms with van der Waals surface area (Å²) < 4.78 is 10.2. The van der Waals surface area contributed by atoms with Gasteiger partial charge in [0, 0.05) is 12.6 Å². The highest BCUT2D eigenvalue weighted by Crippen LogP contribution is 2.18. The van der Waals surface area contributed by atoms with Gasteiger partial charge in [-0.2, -0.15) is 0 Å². The molecule has 0 radical (unpaired) electrons. The molecular formula is C16H31NO4. The van der Waals surface area contributed by atoms with Crippen LogP contribution in [0.1, 0.15) is 54.4 Å². The van der Waals surface area contributed by atoms with Crippen molar-refractivity contribution in [3.8, 4) is 0 Å². The van der Waals surface area contributed by atoms with E-state index in [0.29, 0.717) is 31.6 Å². The smallest absolute Gasteiger partial charge is 0.410 e. The van der Waals surface area contributed by atoms with Crippen LogP contribution in [0.5, 0.6) is 0 Å². The first-order valence-electron chi connectivity index (χ1n) is 7.90. The van der Waals surface area contributed by atoms with Crippen LogP contribution in [0.4, 0.5) is 4.79 Å². The molecule has 0 bridgehead atoms. The standard InChI is InChI=1S/C16H31NO4/c1-7-20-15(18)10-14(9-12(3)4)17(11-13(5)6)16(19)21-8-2/h12-14H,7-11H2,1-6H3. The third-order valence-electron chi connectivity index (χ3n) is 2.96. The Morgan fingerprint density at radius 3 is 1.95 bits per heavy atom. The van der Waals surface area contributed by atoms with Crippen molar-refractivity contribution in [2.45, 2.75) is 60.4 Å². The van der Waals surface area contributed by atoms with Crippen molar-refractivity contribution < 1.29 is 19.1 Å². The maximum absolute atomic E-state index is 12.2. The Bertz CT molecular complexity index is 315. The summed E-state index contributed by atoms with van der Waals surface area (Å²) in [6.07, 6.45) is 0.628. The average molecular weight is 301 g/mol. The number of ether oxygens (including phenoxy) is 2. The van der Waals surface area contributed by atoms with Crippen molar-refractivity contribution in [2.24, 2.45) is 11.8 Å². The Labute approximate surface area is 129 Å². The summed E-state index contributed by atoms with van der Waals surface area (Å²) in [5.74, 6) is 0.431. The van der Waals surface area contributed by atoms with Crippen LogP contribution in [0.25, 0.3) is 0 Å². The molecule has 0 saturated carbocycles. The highest BCUT2D eigenvalue weighted by Gasteiger charge is 2.28. The number of amides is 1. The third-order valence-corrected chi connectivity index (χ3v) is 2.96. The van der Waals surface area contributed by atoms with Crippen molar-refractivity contribution in [1.82, 2.24) is 4.90 Å². The molecule has 0 aromatic carbocycles. The van der Waals surface area contributed by atoms with Crippen molar-refractivity contribution >= 4 is 12.1 Å². The average Bonchev–Trinajstić information content (AvgIpc) is 2.34. The molecule has 1 atom stereocenters. The lowest BCUT2D eigenvalue weighted by atomic mass is 9.99. The Balaban J connectivity index is 5.05. The van der Waals surface area contributed by atoms with E-state index in [-0.39, 0.29) is 24.5 Å². The monoisotopic (exact) mass is 301 g/mol. The zero-order valence-corrected chi connectivity index (χ0v) is 14.3. The summed E-state index contributed by atoms with van der Waals surface area (Å²) in [7, 11) is 0. The highest BCUT2D eigenvalue weighted by atomic mass is 16.6. The van der Waals surface area contributed by atoms with E-state index < -0.39 is 0 Å². The van der Waals surface area contributed by atoms with Crippen LogP contribution in [0.3, 0.4) is 0 Å². The van der Waals surface area contributed by atoms with Crippen LogP contribution in [0.15, 0.2) is 0 Å². The van der Waals surface area contributed by atoms with Gasteiger partial charge in [0.05, 0.1) is 19.6 Å². The van der Waals surface area contributed by atoms with Gasteiger partial charge in [0.15, 0.2) is 0 Å². The maximum atomic E-state index is 12.2. The van der Waals surface area contributed by atoms with Gasteiger partial charge in [-0.1, -0.05) is 27.7 Å². The van der Waals surface area contributed by atoms with E-state index >= 15 is 0 Å². The Kier molecular flexibility index (Phi) is 9.84. The number of carbonyl (C=O) groups is 2. The maximum Gasteiger partial charge on any atom is 0.410 e. The quantitative estimate of drug-likeness (QED) is 0.612. The van der Waals surface area contributed by atoms with E-state index in [1.165, 1.54) is 0 Å². The molecule has 0 aromatic rings. The van der Waals surface area contributed by atoms with Gasteiger partial charge in [-0.3, -0.25) is 4.79 Å². The van der Waals surface area contributed by atoms with Crippen molar-refractivity contribution in [3.63, 3.8) is 0 Å². The van der Waals surface area contributed by atoms with E-state index in [2.05, 4.69) is 13.8 Å². The van der Waals surface area contributed by atoms with E-state index in [0.717, 1.165) is 6.42 Å². The molecule has 0 aliphatic heterocycles. The van der Waals surface area contributed by atoms with E-state index in [9.17, 15) is 9.59 Å². The summed E-state index contributed by atoms with van der Waals surface area (Å²) in [6, 6.07) is -0.175. The van der Waals surface area contributed by atoms with Gasteiger partial charge in [-0.05, 0) is 32.1 Å². The first-order valence-corrected chi connectivity index (χ1v) is 7.90. The first-order chi connectivity index (χ1) is 9.81. The highest BCUT2D eigenvalue weighted by molar-refractivity contribution is 5.73. The van der Waals surface area contributed by atoms with Crippen LogP contribution in [-0.2, 0) is 14.3 Å². The zero-order valence-electron chi connectivity index (χ0n) is 14.3. The third kappa shape index (κ3) is 8.58. The molecule has 0 heterocycles. The second-order valence-electron chi connectivity index (χ2n) is 6.04. The molecule has 5 nitrogen and oxygen atoms in total. The van der Waals surface area contributed by atoms with Crippen molar-refractivity contribution in [1.29, 1.82) is 0 Å². The molecule has 0 N–H and O–H groups in total. The van der Waals surface area contributed by atoms with Gasteiger partial charge in [0.2, 0.25) is 0 Å². The van der Waals surface area contributed by atoms with Crippen LogP contribution >= 0.6 is 0 Å². The molecule has 0 aromatic heterocycles. The van der Waals surface area contributed by atoms with E-state index in [1.54, 1.807) is 18.7 Å². The fourth-order valence-corrected chi connectivity index (χ4v) is 2.25. The van der Waals surface area contributed by atoms with Crippen LogP contribution in [0, 0.1) is 11.8 Å². The predicted octanol–water partition coefficient (Wildman–Crippen LogP) is 3.47. The molecule has 0 aliphatic carbocycles. The normalized spacial score (nSPS) is 12.4. The molecule has 0 saturated heterocycles. The molecule has 124 valence electrons. The van der Waals surface area contributed by atoms with Crippen molar-refractivity contribution in [2.75, 3.05) is 19.8 Å². The molecule has 0 spiro atoms. The SMILES string of the molecule is CCOC(=O)CC(CC(C)C)N(CC(C)C)C(=O)OCC. The van der Waals surface area contributed by atoms with Gasteiger partial charge >= 0.3 is 12.1 Å². The first kappa shape index (κ1) is 19.7. The zero-order chi connectivity index (χ0) is 16.4. The fraction of sp³-hybridized carbons (Fsp3) is 0.875. The molecule has 1 amide bonds. The van der Waals surface area contributed by atoms with E-state index in [4.69, 9.17) is 9.47 Å². The minimum Gasteiger partial charge on any atom is -0.466 e. The van der Waals surface area contributed by atoms with E-state index in [1.807, 2.05) is 13.8 Å². The summed E-state index contributed by atoms with van der Waals surface area (Å²) >= 11 is 0. The lowest BCUT2D eigenvalue weighted by Crippen LogP contribution is -2.44. The number of esters is 1. The summed E-state index contributed by atoms with van der Waals surface area (Å²) in [5, 5.41) is 0.